The van der Waals surface area contributed by atoms with Crippen molar-refractivity contribution in [1.82, 2.24) is 5.59 Å². The fraction of sp³-hybridized carbons (Fsp3) is 0.200. The number of hydrogen-bond donors (Lipinski definition) is 3. The molecule has 1 aliphatic carbocycles. The Bertz CT molecular complexity index is 674. The summed E-state index contributed by atoms with van der Waals surface area (Å²) < 4.78 is 5.59. The monoisotopic (exact) mass is 284 g/mol. The maximum Gasteiger partial charge on any atom is 0.240 e. The van der Waals surface area contributed by atoms with Crippen LogP contribution in [0.5, 0.6) is 5.75 Å². The first-order valence-electron chi connectivity index (χ1n) is 6.70. The number of benzene rings is 1. The van der Waals surface area contributed by atoms with E-state index < -0.39 is 0 Å². The van der Waals surface area contributed by atoms with Crippen molar-refractivity contribution in [3.05, 3.63) is 47.6 Å². The molecule has 1 aromatic carbocycles. The normalized spacial score (nSPS) is 19.2. The van der Waals surface area contributed by atoms with Gasteiger partial charge in [-0.2, -0.15) is 5.59 Å². The molecular formula is C15H16N4O2. The van der Waals surface area contributed by atoms with E-state index in [1.54, 1.807) is 5.59 Å². The number of hydrazone groups is 1. The van der Waals surface area contributed by atoms with Gasteiger partial charge in [-0.1, -0.05) is 24.3 Å². The zero-order chi connectivity index (χ0) is 14.7. The van der Waals surface area contributed by atoms with Crippen LogP contribution < -0.4 is 16.1 Å². The summed E-state index contributed by atoms with van der Waals surface area (Å²) in [6.45, 7) is 0.766. The third-order valence-corrected chi connectivity index (χ3v) is 3.44. The summed E-state index contributed by atoms with van der Waals surface area (Å²) >= 11 is 0. The molecule has 21 heavy (non-hydrogen) atoms. The van der Waals surface area contributed by atoms with Crippen LogP contribution in [0, 0.1) is 0 Å². The molecule has 0 saturated heterocycles. The van der Waals surface area contributed by atoms with Crippen molar-refractivity contribution in [2.75, 3.05) is 6.61 Å². The van der Waals surface area contributed by atoms with Gasteiger partial charge in [0, 0.05) is 18.6 Å². The molecule has 1 aromatic rings. The average Bonchev–Trinajstić information content (AvgIpc) is 2.95. The van der Waals surface area contributed by atoms with Gasteiger partial charge in [0.25, 0.3) is 0 Å². The number of allylic oxidation sites excluding steroid dienone is 4. The van der Waals surface area contributed by atoms with Crippen LogP contribution in [0.1, 0.15) is 17.5 Å². The number of nitrogens with zero attached hydrogens (tertiary/aromatic N) is 2. The first-order valence-corrected chi connectivity index (χ1v) is 6.70. The Morgan fingerprint density at radius 3 is 3.00 bits per heavy atom. The molecule has 0 amide bonds. The van der Waals surface area contributed by atoms with Crippen molar-refractivity contribution < 1.29 is 9.94 Å². The van der Waals surface area contributed by atoms with Crippen LogP contribution in [0.25, 0.3) is 5.57 Å². The molecule has 6 heteroatoms. The predicted molar refractivity (Wildman–Crippen MR) is 81.4 cm³/mol. The summed E-state index contributed by atoms with van der Waals surface area (Å²) in [4.78, 5) is 4.08. The summed E-state index contributed by atoms with van der Waals surface area (Å²) in [5, 5.41) is 11.8. The molecule has 2 aliphatic rings. The molecule has 0 radical (unpaired) electrons. The molecule has 0 bridgehead atoms. The van der Waals surface area contributed by atoms with Gasteiger partial charge >= 0.3 is 0 Å². The maximum absolute atomic E-state index is 8.41. The lowest BCUT2D eigenvalue weighted by Gasteiger charge is -2.10. The van der Waals surface area contributed by atoms with E-state index in [0.717, 1.165) is 35.6 Å². The van der Waals surface area contributed by atoms with E-state index in [1.807, 2.05) is 12.2 Å². The number of rotatable bonds is 2. The third-order valence-electron chi connectivity index (χ3n) is 3.44. The van der Waals surface area contributed by atoms with Crippen LogP contribution in [0.4, 0.5) is 0 Å². The molecule has 0 saturated carbocycles. The van der Waals surface area contributed by atoms with E-state index in [-0.39, 0.29) is 5.96 Å². The second-order valence-electron chi connectivity index (χ2n) is 4.79. The number of nitrogens with one attached hydrogen (secondary N) is 1. The van der Waals surface area contributed by atoms with Gasteiger partial charge in [0.1, 0.15) is 5.75 Å². The second kappa shape index (κ2) is 5.80. The van der Waals surface area contributed by atoms with Gasteiger partial charge in [0.2, 0.25) is 5.96 Å². The summed E-state index contributed by atoms with van der Waals surface area (Å²) in [5.74, 6) is 0.964. The number of aliphatic imine (C=N–C) groups is 1. The molecule has 0 fully saturated rings. The molecule has 0 aromatic heterocycles. The van der Waals surface area contributed by atoms with E-state index in [2.05, 4.69) is 34.4 Å². The quantitative estimate of drug-likeness (QED) is 0.437. The zero-order valence-corrected chi connectivity index (χ0v) is 11.4. The zero-order valence-electron chi connectivity index (χ0n) is 11.4. The van der Waals surface area contributed by atoms with Crippen LogP contribution >= 0.6 is 0 Å². The van der Waals surface area contributed by atoms with Crippen molar-refractivity contribution in [2.24, 2.45) is 15.8 Å². The van der Waals surface area contributed by atoms with Crippen molar-refractivity contribution in [3.8, 4) is 5.75 Å². The second-order valence-corrected chi connectivity index (χ2v) is 4.79. The highest BCUT2D eigenvalue weighted by Gasteiger charge is 2.13. The van der Waals surface area contributed by atoms with Gasteiger partial charge < -0.3 is 10.5 Å². The Kier molecular flexibility index (Phi) is 3.70. The first kappa shape index (κ1) is 13.4. The fourth-order valence-corrected chi connectivity index (χ4v) is 2.40. The van der Waals surface area contributed by atoms with E-state index in [4.69, 9.17) is 15.7 Å². The summed E-state index contributed by atoms with van der Waals surface area (Å²) in [6.07, 6.45) is 7.60. The van der Waals surface area contributed by atoms with Gasteiger partial charge in [-0.05, 0) is 28.8 Å². The SMILES string of the molecule is NC(=N/NO)/N=C1/C=CC(c2ccc3c(c2)OCC3)=CC1. The van der Waals surface area contributed by atoms with Crippen molar-refractivity contribution in [1.29, 1.82) is 0 Å². The van der Waals surface area contributed by atoms with Gasteiger partial charge in [-0.25, -0.2) is 4.99 Å². The van der Waals surface area contributed by atoms with E-state index in [0.29, 0.717) is 6.42 Å². The molecule has 108 valence electrons. The van der Waals surface area contributed by atoms with Gasteiger partial charge in [0.15, 0.2) is 0 Å². The Balaban J connectivity index is 1.77. The van der Waals surface area contributed by atoms with E-state index >= 15 is 0 Å². The van der Waals surface area contributed by atoms with Crippen LogP contribution in [0.15, 0.2) is 46.5 Å². The minimum absolute atomic E-state index is 0.0140. The number of guanidine groups is 1. The molecule has 4 N–H and O–H groups in total. The van der Waals surface area contributed by atoms with Gasteiger partial charge in [-0.3, -0.25) is 5.21 Å². The molecule has 1 heterocycles. The molecule has 6 nitrogen and oxygen atoms in total. The Morgan fingerprint density at radius 2 is 2.24 bits per heavy atom. The smallest absolute Gasteiger partial charge is 0.240 e. The van der Waals surface area contributed by atoms with Crippen molar-refractivity contribution in [2.45, 2.75) is 12.8 Å². The Hall–Kier alpha value is -2.60. The Morgan fingerprint density at radius 1 is 1.33 bits per heavy atom. The van der Waals surface area contributed by atoms with Crippen molar-refractivity contribution in [3.63, 3.8) is 0 Å². The highest BCUT2D eigenvalue weighted by molar-refractivity contribution is 6.07. The summed E-state index contributed by atoms with van der Waals surface area (Å²) in [6, 6.07) is 6.30. The molecule has 1 aliphatic heterocycles. The molecule has 0 atom stereocenters. The number of ether oxygens (including phenoxy) is 1. The molecular weight excluding hydrogens is 268 g/mol. The predicted octanol–water partition coefficient (Wildman–Crippen LogP) is 1.61. The summed E-state index contributed by atoms with van der Waals surface area (Å²) in [7, 11) is 0. The van der Waals surface area contributed by atoms with Crippen LogP contribution in [0.3, 0.4) is 0 Å². The minimum Gasteiger partial charge on any atom is -0.493 e. The largest absolute Gasteiger partial charge is 0.493 e. The lowest BCUT2D eigenvalue weighted by molar-refractivity contribution is 0.172. The lowest BCUT2D eigenvalue weighted by atomic mass is 9.97. The first-order chi connectivity index (χ1) is 10.3. The molecule has 0 unspecified atom stereocenters. The lowest BCUT2D eigenvalue weighted by Crippen LogP contribution is -2.15. The number of nitrogens with two attached hydrogens (primary N) is 1. The minimum atomic E-state index is -0.0140. The van der Waals surface area contributed by atoms with Gasteiger partial charge in [-0.15, -0.1) is 5.10 Å². The maximum atomic E-state index is 8.41. The standard InChI is InChI=1S/C15H16N4O2/c16-15(18-19-20)17-13-5-3-10(4-6-13)12-2-1-11-7-8-21-14(11)9-12/h1-5,9,19-20H,6-8H2,(H2,16,18)/b17-13-. The summed E-state index contributed by atoms with van der Waals surface area (Å²) in [5.41, 5.74) is 11.4. The topological polar surface area (TPSA) is 92.2 Å². The van der Waals surface area contributed by atoms with Crippen LogP contribution in [-0.4, -0.2) is 23.5 Å². The highest BCUT2D eigenvalue weighted by atomic mass is 16.5. The van der Waals surface area contributed by atoms with E-state index in [1.165, 1.54) is 5.56 Å². The van der Waals surface area contributed by atoms with Gasteiger partial charge in [0.05, 0.1) is 6.61 Å². The number of fused-ring (bicyclic) bond motifs is 1. The Labute approximate surface area is 122 Å². The highest BCUT2D eigenvalue weighted by Crippen LogP contribution is 2.30. The fourth-order valence-electron chi connectivity index (χ4n) is 2.40. The molecule has 0 spiro atoms. The van der Waals surface area contributed by atoms with Crippen LogP contribution in [0.2, 0.25) is 0 Å². The van der Waals surface area contributed by atoms with E-state index in [9.17, 15) is 0 Å². The average molecular weight is 284 g/mol. The van der Waals surface area contributed by atoms with Crippen LogP contribution in [-0.2, 0) is 6.42 Å². The molecule has 3 rings (SSSR count). The van der Waals surface area contributed by atoms with Crippen molar-refractivity contribution >= 4 is 17.2 Å². The third kappa shape index (κ3) is 2.95. The number of hydrogen-bond acceptors (Lipinski definition) is 4.